The van der Waals surface area contributed by atoms with Crippen LogP contribution in [0.3, 0.4) is 0 Å². The van der Waals surface area contributed by atoms with Gasteiger partial charge in [0.2, 0.25) is 5.91 Å². The van der Waals surface area contributed by atoms with Gasteiger partial charge in [0.05, 0.1) is 19.8 Å². The molecule has 1 aliphatic rings. The molecule has 1 aliphatic heterocycles. The van der Waals surface area contributed by atoms with Gasteiger partial charge in [-0.05, 0) is 68.8 Å². The molecule has 1 saturated heterocycles. The highest BCUT2D eigenvalue weighted by atomic mass is 35.5. The third-order valence-corrected chi connectivity index (χ3v) is 5.52. The normalized spacial score (nSPS) is 16.6. The molecular formula is C22H37ClN2O3. The molecule has 5 nitrogen and oxygen atoms in total. The van der Waals surface area contributed by atoms with Crippen LogP contribution in [0.25, 0.3) is 0 Å². The first-order valence-electron chi connectivity index (χ1n) is 10.4. The van der Waals surface area contributed by atoms with Gasteiger partial charge in [-0.25, -0.2) is 0 Å². The highest BCUT2D eigenvalue weighted by molar-refractivity contribution is 5.85. The molecule has 2 N–H and O–H groups in total. The van der Waals surface area contributed by atoms with Crippen molar-refractivity contribution >= 4 is 18.3 Å². The molecule has 0 aromatic heterocycles. The minimum Gasteiger partial charge on any atom is -0.493 e. The molecular weight excluding hydrogens is 376 g/mol. The van der Waals surface area contributed by atoms with E-state index in [1.807, 2.05) is 25.1 Å². The van der Waals surface area contributed by atoms with E-state index in [9.17, 15) is 4.79 Å². The van der Waals surface area contributed by atoms with Crippen LogP contribution in [0.4, 0.5) is 0 Å². The summed E-state index contributed by atoms with van der Waals surface area (Å²) >= 11 is 0. The number of carbonyl (C=O) groups is 1. The Kier molecular flexibility index (Phi) is 11.3. The van der Waals surface area contributed by atoms with Crippen LogP contribution in [-0.4, -0.2) is 32.7 Å². The molecule has 0 spiro atoms. The van der Waals surface area contributed by atoms with E-state index in [0.717, 1.165) is 37.2 Å². The Morgan fingerprint density at radius 3 is 2.61 bits per heavy atom. The standard InChI is InChI=1S/C22H36N2O3.ClH/c1-5-6-13-27-20-8-7-19(15-21(20)26-4)17(3)24-22(25)14-16(2)18-9-11-23-12-10-18;/h7-8,15-18,23H,5-6,9-14H2,1-4H3,(H,24,25);1H. The number of unbranched alkanes of at least 4 members (excludes halogenated alkanes) is 1. The average Bonchev–Trinajstić information content (AvgIpc) is 2.68. The zero-order valence-electron chi connectivity index (χ0n) is 17.8. The lowest BCUT2D eigenvalue weighted by Crippen LogP contribution is -2.34. The maximum Gasteiger partial charge on any atom is 0.220 e. The van der Waals surface area contributed by atoms with E-state index < -0.39 is 0 Å². The van der Waals surface area contributed by atoms with E-state index >= 15 is 0 Å². The maximum absolute atomic E-state index is 12.5. The molecule has 1 aromatic carbocycles. The van der Waals surface area contributed by atoms with Gasteiger partial charge < -0.3 is 20.1 Å². The van der Waals surface area contributed by atoms with Crippen molar-refractivity contribution in [1.29, 1.82) is 0 Å². The van der Waals surface area contributed by atoms with E-state index in [1.165, 1.54) is 12.8 Å². The van der Waals surface area contributed by atoms with E-state index in [-0.39, 0.29) is 24.4 Å². The summed E-state index contributed by atoms with van der Waals surface area (Å²) in [5.74, 6) is 2.66. The number of carbonyl (C=O) groups excluding carboxylic acids is 1. The number of ether oxygens (including phenoxy) is 2. The Morgan fingerprint density at radius 1 is 1.25 bits per heavy atom. The quantitative estimate of drug-likeness (QED) is 0.555. The monoisotopic (exact) mass is 412 g/mol. The Bertz CT molecular complexity index is 591. The van der Waals surface area contributed by atoms with Gasteiger partial charge in [0.15, 0.2) is 11.5 Å². The van der Waals surface area contributed by atoms with Crippen molar-refractivity contribution in [2.75, 3.05) is 26.8 Å². The molecule has 1 amide bonds. The van der Waals surface area contributed by atoms with Gasteiger partial charge in [0.1, 0.15) is 0 Å². The van der Waals surface area contributed by atoms with E-state index in [0.29, 0.717) is 30.6 Å². The van der Waals surface area contributed by atoms with E-state index in [2.05, 4.69) is 24.5 Å². The molecule has 1 heterocycles. The first-order valence-corrected chi connectivity index (χ1v) is 10.4. The highest BCUT2D eigenvalue weighted by Gasteiger charge is 2.23. The first-order chi connectivity index (χ1) is 13.0. The van der Waals surface area contributed by atoms with Crippen LogP contribution in [0.1, 0.15) is 64.5 Å². The lowest BCUT2D eigenvalue weighted by atomic mass is 9.84. The topological polar surface area (TPSA) is 59.6 Å². The van der Waals surface area contributed by atoms with Crippen molar-refractivity contribution in [2.24, 2.45) is 11.8 Å². The van der Waals surface area contributed by atoms with Crippen molar-refractivity contribution in [3.63, 3.8) is 0 Å². The molecule has 2 atom stereocenters. The van der Waals surface area contributed by atoms with Gasteiger partial charge in [-0.2, -0.15) is 0 Å². The molecule has 2 unspecified atom stereocenters. The average molecular weight is 413 g/mol. The van der Waals surface area contributed by atoms with Gasteiger partial charge in [-0.1, -0.05) is 26.3 Å². The maximum atomic E-state index is 12.5. The summed E-state index contributed by atoms with van der Waals surface area (Å²) in [7, 11) is 1.65. The molecule has 6 heteroatoms. The van der Waals surface area contributed by atoms with Gasteiger partial charge in [0, 0.05) is 6.42 Å². The summed E-state index contributed by atoms with van der Waals surface area (Å²) in [6, 6.07) is 5.84. The lowest BCUT2D eigenvalue weighted by molar-refractivity contribution is -0.123. The Hall–Kier alpha value is -1.46. The molecule has 0 saturated carbocycles. The predicted octanol–water partition coefficient (Wildman–Crippen LogP) is 4.50. The van der Waals surface area contributed by atoms with Gasteiger partial charge >= 0.3 is 0 Å². The predicted molar refractivity (Wildman–Crippen MR) is 117 cm³/mol. The summed E-state index contributed by atoms with van der Waals surface area (Å²) in [6.07, 6.45) is 5.04. The minimum atomic E-state index is -0.0590. The summed E-state index contributed by atoms with van der Waals surface area (Å²) < 4.78 is 11.3. The fraction of sp³-hybridized carbons (Fsp3) is 0.682. The molecule has 1 fully saturated rings. The second-order valence-electron chi connectivity index (χ2n) is 7.67. The van der Waals surface area contributed by atoms with Crippen molar-refractivity contribution in [1.82, 2.24) is 10.6 Å². The lowest BCUT2D eigenvalue weighted by Gasteiger charge is -2.28. The fourth-order valence-electron chi connectivity index (χ4n) is 3.66. The zero-order chi connectivity index (χ0) is 19.6. The number of hydrogen-bond donors (Lipinski definition) is 2. The third-order valence-electron chi connectivity index (χ3n) is 5.52. The van der Waals surface area contributed by atoms with Crippen molar-refractivity contribution in [3.8, 4) is 11.5 Å². The molecule has 0 bridgehead atoms. The summed E-state index contributed by atoms with van der Waals surface area (Å²) in [5.41, 5.74) is 1.03. The van der Waals surface area contributed by atoms with E-state index in [1.54, 1.807) is 7.11 Å². The van der Waals surface area contributed by atoms with Gasteiger partial charge in [-0.3, -0.25) is 4.79 Å². The number of amides is 1. The van der Waals surface area contributed by atoms with Crippen molar-refractivity contribution < 1.29 is 14.3 Å². The number of nitrogens with one attached hydrogen (secondary N) is 2. The van der Waals surface area contributed by atoms with Crippen LogP contribution in [-0.2, 0) is 4.79 Å². The minimum absolute atomic E-state index is 0. The van der Waals surface area contributed by atoms with Gasteiger partial charge in [-0.15, -0.1) is 12.4 Å². The van der Waals surface area contributed by atoms with Crippen LogP contribution >= 0.6 is 12.4 Å². The number of methoxy groups -OCH3 is 1. The summed E-state index contributed by atoms with van der Waals surface area (Å²) in [5, 5.41) is 6.52. The molecule has 0 aliphatic carbocycles. The van der Waals surface area contributed by atoms with Gasteiger partial charge in [0.25, 0.3) is 0 Å². The highest BCUT2D eigenvalue weighted by Crippen LogP contribution is 2.31. The Balaban J connectivity index is 0.00000392. The van der Waals surface area contributed by atoms with Crippen LogP contribution < -0.4 is 20.1 Å². The summed E-state index contributed by atoms with van der Waals surface area (Å²) in [4.78, 5) is 12.5. The molecule has 2 rings (SSSR count). The van der Waals surface area contributed by atoms with Crippen LogP contribution in [0.2, 0.25) is 0 Å². The number of piperidine rings is 1. The van der Waals surface area contributed by atoms with Crippen LogP contribution in [0.5, 0.6) is 11.5 Å². The van der Waals surface area contributed by atoms with E-state index in [4.69, 9.17) is 9.47 Å². The number of halogens is 1. The Morgan fingerprint density at radius 2 is 1.96 bits per heavy atom. The SMILES string of the molecule is CCCCOc1ccc(C(C)NC(=O)CC(C)C2CCNCC2)cc1OC.Cl. The van der Waals surface area contributed by atoms with Crippen molar-refractivity contribution in [2.45, 2.75) is 58.9 Å². The van der Waals surface area contributed by atoms with Crippen LogP contribution in [0, 0.1) is 11.8 Å². The number of hydrogen-bond acceptors (Lipinski definition) is 4. The first kappa shape index (κ1) is 24.6. The zero-order valence-corrected chi connectivity index (χ0v) is 18.6. The molecule has 1 aromatic rings. The molecule has 0 radical (unpaired) electrons. The number of benzene rings is 1. The second-order valence-corrected chi connectivity index (χ2v) is 7.67. The molecule has 28 heavy (non-hydrogen) atoms. The third kappa shape index (κ3) is 7.51. The largest absolute Gasteiger partial charge is 0.493 e. The van der Waals surface area contributed by atoms with Crippen LogP contribution in [0.15, 0.2) is 18.2 Å². The number of rotatable bonds is 10. The fourth-order valence-corrected chi connectivity index (χ4v) is 3.66. The second kappa shape index (κ2) is 12.9. The smallest absolute Gasteiger partial charge is 0.220 e. The Labute approximate surface area is 176 Å². The molecule has 160 valence electrons. The summed E-state index contributed by atoms with van der Waals surface area (Å²) in [6.45, 7) is 9.18. The van der Waals surface area contributed by atoms with Crippen molar-refractivity contribution in [3.05, 3.63) is 23.8 Å².